The zero-order valence-electron chi connectivity index (χ0n) is 16.6. The maximum absolute atomic E-state index is 12.5. The van der Waals surface area contributed by atoms with E-state index in [0.717, 1.165) is 21.4 Å². The average Bonchev–Trinajstić information content (AvgIpc) is 2.61. The molecule has 0 saturated carbocycles. The summed E-state index contributed by atoms with van der Waals surface area (Å²) >= 11 is 0. The first-order valence-corrected chi connectivity index (χ1v) is 9.59. The van der Waals surface area contributed by atoms with E-state index in [0.29, 0.717) is 50.9 Å². The molecule has 6 heteroatoms. The van der Waals surface area contributed by atoms with Crippen molar-refractivity contribution in [2.24, 2.45) is 0 Å². The van der Waals surface area contributed by atoms with E-state index in [1.54, 1.807) is 6.07 Å². The summed E-state index contributed by atoms with van der Waals surface area (Å²) in [7, 11) is 1.98. The van der Waals surface area contributed by atoms with E-state index in [4.69, 9.17) is 9.15 Å². The maximum atomic E-state index is 12.5. The molecule has 1 aliphatic heterocycles. The van der Waals surface area contributed by atoms with Gasteiger partial charge < -0.3 is 19.0 Å². The average molecular weight is 373 g/mol. The number of fused-ring (bicyclic) bond motifs is 1. The summed E-state index contributed by atoms with van der Waals surface area (Å²) in [6.45, 7) is 9.86. The molecule has 1 atom stereocenters. The Kier molecular flexibility index (Phi) is 5.97. The predicted octanol–water partition coefficient (Wildman–Crippen LogP) is 1.10. The van der Waals surface area contributed by atoms with Gasteiger partial charge >= 0.3 is 5.63 Å². The number of rotatable bonds is 5. The first-order valence-electron chi connectivity index (χ1n) is 9.59. The minimum absolute atomic E-state index is 0.127. The molecule has 1 N–H and O–H groups in total. The fourth-order valence-corrected chi connectivity index (χ4v) is 3.73. The smallest absolute Gasteiger partial charge is 0.336 e. The standard InChI is InChI=1S/C21H28N2O4/c1-14(2)17-11-18-16(10-21(25)27-19(18)9-15(17)3)12-22(4)13-20(24)23-5-7-26-8-6-23/h9-11,14H,5-8,12-13H2,1-4H3/p+1. The normalized spacial score (nSPS) is 16.1. The van der Waals surface area contributed by atoms with E-state index >= 15 is 0 Å². The Hall–Kier alpha value is -2.18. The minimum Gasteiger partial charge on any atom is -0.423 e. The topological polar surface area (TPSA) is 64.2 Å². The van der Waals surface area contributed by atoms with Gasteiger partial charge in [0.2, 0.25) is 0 Å². The van der Waals surface area contributed by atoms with Gasteiger partial charge in [0.05, 0.1) is 20.3 Å². The van der Waals surface area contributed by atoms with Crippen LogP contribution in [0.1, 0.15) is 36.5 Å². The number of nitrogens with zero attached hydrogens (tertiary/aromatic N) is 1. The highest BCUT2D eigenvalue weighted by atomic mass is 16.5. The molecule has 6 nitrogen and oxygen atoms in total. The van der Waals surface area contributed by atoms with E-state index in [1.807, 2.05) is 24.9 Å². The second-order valence-corrected chi connectivity index (χ2v) is 7.75. The van der Waals surface area contributed by atoms with Gasteiger partial charge in [-0.05, 0) is 36.1 Å². The van der Waals surface area contributed by atoms with Crippen molar-refractivity contribution in [1.82, 2.24) is 4.90 Å². The van der Waals surface area contributed by atoms with Crippen molar-refractivity contribution in [2.45, 2.75) is 33.2 Å². The first-order chi connectivity index (χ1) is 12.8. The van der Waals surface area contributed by atoms with Gasteiger partial charge in [0.15, 0.2) is 6.54 Å². The summed E-state index contributed by atoms with van der Waals surface area (Å²) in [5.74, 6) is 0.518. The van der Waals surface area contributed by atoms with Gasteiger partial charge in [0.25, 0.3) is 5.91 Å². The Morgan fingerprint density at radius 3 is 2.59 bits per heavy atom. The molecule has 2 heterocycles. The molecule has 1 aromatic heterocycles. The predicted molar refractivity (Wildman–Crippen MR) is 104 cm³/mol. The third-order valence-electron chi connectivity index (χ3n) is 5.15. The summed E-state index contributed by atoms with van der Waals surface area (Å²) in [5.41, 5.74) is 3.57. The van der Waals surface area contributed by atoms with Crippen molar-refractivity contribution >= 4 is 16.9 Å². The molecule has 27 heavy (non-hydrogen) atoms. The van der Waals surface area contributed by atoms with Crippen molar-refractivity contribution in [3.8, 4) is 0 Å². The number of amides is 1. The van der Waals surface area contributed by atoms with Gasteiger partial charge in [-0.15, -0.1) is 0 Å². The SMILES string of the molecule is Cc1cc2oc(=O)cc(C[NH+](C)CC(=O)N3CCOCC3)c2cc1C(C)C. The van der Waals surface area contributed by atoms with Crippen molar-refractivity contribution in [2.75, 3.05) is 39.9 Å². The number of quaternary nitrogens is 1. The number of morpholine rings is 1. The van der Waals surface area contributed by atoms with Crippen LogP contribution in [-0.2, 0) is 16.1 Å². The van der Waals surface area contributed by atoms with Crippen LogP contribution < -0.4 is 10.5 Å². The van der Waals surface area contributed by atoms with E-state index in [9.17, 15) is 9.59 Å². The fourth-order valence-electron chi connectivity index (χ4n) is 3.73. The van der Waals surface area contributed by atoms with Crippen molar-refractivity contribution < 1.29 is 18.8 Å². The van der Waals surface area contributed by atoms with Gasteiger partial charge in [0.1, 0.15) is 12.1 Å². The molecular weight excluding hydrogens is 344 g/mol. The number of likely N-dealkylation sites (N-methyl/N-ethyl adjacent to an activating group) is 1. The molecule has 3 rings (SSSR count). The molecule has 0 bridgehead atoms. The van der Waals surface area contributed by atoms with Gasteiger partial charge in [-0.25, -0.2) is 4.79 Å². The van der Waals surface area contributed by atoms with Crippen LogP contribution >= 0.6 is 0 Å². The second kappa shape index (κ2) is 8.23. The number of ether oxygens (including phenoxy) is 1. The van der Waals surface area contributed by atoms with Crippen LogP contribution in [0.2, 0.25) is 0 Å². The highest BCUT2D eigenvalue weighted by Gasteiger charge is 2.21. The van der Waals surface area contributed by atoms with E-state index in [-0.39, 0.29) is 11.5 Å². The highest BCUT2D eigenvalue weighted by Crippen LogP contribution is 2.26. The molecule has 0 aliphatic carbocycles. The lowest BCUT2D eigenvalue weighted by atomic mass is 9.95. The third-order valence-corrected chi connectivity index (χ3v) is 5.15. The molecule has 0 radical (unpaired) electrons. The van der Waals surface area contributed by atoms with Crippen LogP contribution in [0.3, 0.4) is 0 Å². The summed E-state index contributed by atoms with van der Waals surface area (Å²) < 4.78 is 10.7. The summed E-state index contributed by atoms with van der Waals surface area (Å²) in [6.07, 6.45) is 0. The number of carbonyl (C=O) groups is 1. The van der Waals surface area contributed by atoms with Crippen LogP contribution in [0.4, 0.5) is 0 Å². The molecule has 1 saturated heterocycles. The summed E-state index contributed by atoms with van der Waals surface area (Å²) in [6, 6.07) is 5.64. The lowest BCUT2D eigenvalue weighted by Crippen LogP contribution is -3.09. The van der Waals surface area contributed by atoms with Crippen LogP contribution in [0.15, 0.2) is 27.4 Å². The van der Waals surface area contributed by atoms with Crippen LogP contribution in [0, 0.1) is 6.92 Å². The van der Waals surface area contributed by atoms with Crippen molar-refractivity contribution in [3.63, 3.8) is 0 Å². The van der Waals surface area contributed by atoms with Gasteiger partial charge in [-0.1, -0.05) is 13.8 Å². The number of nitrogens with one attached hydrogen (secondary N) is 1. The molecule has 146 valence electrons. The molecule has 1 unspecified atom stereocenters. The number of aryl methyl sites for hydroxylation is 1. The zero-order valence-corrected chi connectivity index (χ0v) is 16.6. The third kappa shape index (κ3) is 4.57. The molecule has 2 aromatic rings. The van der Waals surface area contributed by atoms with Crippen LogP contribution in [0.5, 0.6) is 0 Å². The number of hydrogen-bond donors (Lipinski definition) is 1. The Labute approximate surface area is 159 Å². The van der Waals surface area contributed by atoms with E-state index in [2.05, 4.69) is 19.9 Å². The molecular formula is C21H29N2O4+. The quantitative estimate of drug-likeness (QED) is 0.797. The Morgan fingerprint density at radius 1 is 1.22 bits per heavy atom. The molecule has 1 aromatic carbocycles. The Balaban J connectivity index is 1.83. The van der Waals surface area contributed by atoms with Gasteiger partial charge in [-0.3, -0.25) is 4.79 Å². The van der Waals surface area contributed by atoms with Gasteiger partial charge in [-0.2, -0.15) is 0 Å². The monoisotopic (exact) mass is 373 g/mol. The fraction of sp³-hybridized carbons (Fsp3) is 0.524. The molecule has 0 spiro atoms. The van der Waals surface area contributed by atoms with Crippen LogP contribution in [-0.4, -0.2) is 50.7 Å². The number of hydrogen-bond acceptors (Lipinski definition) is 4. The molecule has 1 fully saturated rings. The molecule has 1 aliphatic rings. The van der Waals surface area contributed by atoms with Crippen molar-refractivity contribution in [1.29, 1.82) is 0 Å². The Bertz CT molecular complexity index is 882. The first kappa shape index (κ1) is 19.6. The zero-order chi connectivity index (χ0) is 19.6. The number of carbonyl (C=O) groups excluding carboxylic acids is 1. The molecule has 1 amide bonds. The van der Waals surface area contributed by atoms with Gasteiger partial charge in [0, 0.05) is 30.1 Å². The number of benzene rings is 1. The maximum Gasteiger partial charge on any atom is 0.336 e. The van der Waals surface area contributed by atoms with Crippen molar-refractivity contribution in [3.05, 3.63) is 45.3 Å². The highest BCUT2D eigenvalue weighted by molar-refractivity contribution is 5.82. The van der Waals surface area contributed by atoms with E-state index < -0.39 is 0 Å². The second-order valence-electron chi connectivity index (χ2n) is 7.75. The summed E-state index contributed by atoms with van der Waals surface area (Å²) in [5, 5.41) is 0.960. The minimum atomic E-state index is -0.346. The van der Waals surface area contributed by atoms with Crippen LogP contribution in [0.25, 0.3) is 11.0 Å². The van der Waals surface area contributed by atoms with E-state index in [1.165, 1.54) is 5.56 Å². The largest absolute Gasteiger partial charge is 0.423 e. The lowest BCUT2D eigenvalue weighted by molar-refractivity contribution is -0.885. The Morgan fingerprint density at radius 2 is 1.93 bits per heavy atom. The summed E-state index contributed by atoms with van der Waals surface area (Å²) in [4.78, 5) is 27.4. The lowest BCUT2D eigenvalue weighted by Gasteiger charge is -2.27.